The van der Waals surface area contributed by atoms with Gasteiger partial charge >= 0.3 is 0 Å². The molecule has 0 radical (unpaired) electrons. The second kappa shape index (κ2) is 8.81. The zero-order valence-electron chi connectivity index (χ0n) is 18.5. The molecule has 1 heterocycles. The number of methoxy groups -OCH3 is 1. The Bertz CT molecular complexity index is 1060. The number of likely N-dealkylation sites (N-methyl/N-ethyl adjacent to an activating group) is 1. The van der Waals surface area contributed by atoms with E-state index in [0.29, 0.717) is 24.2 Å². The average Bonchev–Trinajstić information content (AvgIpc) is 2.98. The Morgan fingerprint density at radius 1 is 1.13 bits per heavy atom. The highest BCUT2D eigenvalue weighted by molar-refractivity contribution is 6.46. The zero-order chi connectivity index (χ0) is 22.9. The molecule has 0 aliphatic carbocycles. The molecule has 1 fully saturated rings. The molecule has 0 saturated carbocycles. The quantitative estimate of drug-likeness (QED) is 0.371. The van der Waals surface area contributed by atoms with Crippen LogP contribution in [-0.2, 0) is 9.59 Å². The Morgan fingerprint density at radius 2 is 1.84 bits per heavy atom. The van der Waals surface area contributed by atoms with Gasteiger partial charge in [0.15, 0.2) is 11.5 Å². The van der Waals surface area contributed by atoms with E-state index in [2.05, 4.69) is 0 Å². The molecule has 0 spiro atoms. The van der Waals surface area contributed by atoms with Gasteiger partial charge < -0.3 is 24.7 Å². The fourth-order valence-electron chi connectivity index (χ4n) is 3.80. The van der Waals surface area contributed by atoms with E-state index in [9.17, 15) is 19.8 Å². The highest BCUT2D eigenvalue weighted by Crippen LogP contribution is 2.41. The van der Waals surface area contributed by atoms with E-state index in [1.807, 2.05) is 40.1 Å². The number of hydrogen-bond donors (Lipinski definition) is 3. The Balaban J connectivity index is 2.23. The Morgan fingerprint density at radius 3 is 2.48 bits per heavy atom. The average molecular weight is 426 g/mol. The van der Waals surface area contributed by atoms with Gasteiger partial charge in [0.25, 0.3) is 11.7 Å². The summed E-state index contributed by atoms with van der Waals surface area (Å²) >= 11 is 0. The standard InChI is InChI=1S/C24H28N2O5/c1-14-6-7-15(2)17(12-14)22(28)20-21(16-8-9-18(27)19(13-16)31-5)26(11-10-25(3)4)24(30)23(20)29/h6-9,12-13,21,27-28H,10-11H2,1-5H3/p+1/b22-20+/t21-/m1/s1. The van der Waals surface area contributed by atoms with Crippen LogP contribution in [0.15, 0.2) is 42.0 Å². The number of quaternary nitrogens is 1. The van der Waals surface area contributed by atoms with Gasteiger partial charge in [0.2, 0.25) is 0 Å². The van der Waals surface area contributed by atoms with Crippen molar-refractivity contribution in [1.29, 1.82) is 0 Å². The number of ether oxygens (including phenoxy) is 1. The summed E-state index contributed by atoms with van der Waals surface area (Å²) < 4.78 is 5.23. The van der Waals surface area contributed by atoms with Crippen LogP contribution >= 0.6 is 0 Å². The minimum Gasteiger partial charge on any atom is -0.507 e. The summed E-state index contributed by atoms with van der Waals surface area (Å²) in [6.07, 6.45) is 0. The van der Waals surface area contributed by atoms with Crippen LogP contribution in [0.25, 0.3) is 5.76 Å². The van der Waals surface area contributed by atoms with Crippen molar-refractivity contribution in [3.05, 3.63) is 64.2 Å². The number of ketones is 1. The minimum atomic E-state index is -0.784. The molecule has 2 aromatic rings. The number of aliphatic hydroxyl groups is 1. The van der Waals surface area contributed by atoms with Gasteiger partial charge in [-0.2, -0.15) is 0 Å². The summed E-state index contributed by atoms with van der Waals surface area (Å²) in [6, 6.07) is 9.51. The summed E-state index contributed by atoms with van der Waals surface area (Å²) in [7, 11) is 5.36. The van der Waals surface area contributed by atoms with E-state index >= 15 is 0 Å². The van der Waals surface area contributed by atoms with Gasteiger partial charge in [-0.25, -0.2) is 0 Å². The number of carbonyl (C=O) groups is 2. The maximum Gasteiger partial charge on any atom is 0.295 e. The van der Waals surface area contributed by atoms with E-state index in [1.54, 1.807) is 18.2 Å². The van der Waals surface area contributed by atoms with Gasteiger partial charge in [0, 0.05) is 5.56 Å². The molecule has 7 nitrogen and oxygen atoms in total. The smallest absolute Gasteiger partial charge is 0.295 e. The highest BCUT2D eigenvalue weighted by atomic mass is 16.5. The number of carbonyl (C=O) groups excluding carboxylic acids is 2. The number of likely N-dealkylation sites (tertiary alicyclic amines) is 1. The van der Waals surface area contributed by atoms with Crippen molar-refractivity contribution in [1.82, 2.24) is 4.90 Å². The van der Waals surface area contributed by atoms with Crippen LogP contribution in [-0.4, -0.2) is 61.1 Å². The molecular formula is C24H29N2O5+. The van der Waals surface area contributed by atoms with E-state index in [0.717, 1.165) is 16.0 Å². The molecule has 1 saturated heterocycles. The number of aliphatic hydroxyl groups excluding tert-OH is 1. The summed E-state index contributed by atoms with van der Waals surface area (Å²) in [5.74, 6) is -1.38. The number of hydrogen-bond acceptors (Lipinski definition) is 5. The van der Waals surface area contributed by atoms with Crippen molar-refractivity contribution >= 4 is 17.4 Å². The monoisotopic (exact) mass is 425 g/mol. The van der Waals surface area contributed by atoms with Gasteiger partial charge in [0.1, 0.15) is 5.76 Å². The van der Waals surface area contributed by atoms with E-state index in [1.165, 1.54) is 18.1 Å². The van der Waals surface area contributed by atoms with Crippen LogP contribution in [0.1, 0.15) is 28.3 Å². The maximum atomic E-state index is 13.1. The second-order valence-corrected chi connectivity index (χ2v) is 8.20. The summed E-state index contributed by atoms with van der Waals surface area (Å²) in [5.41, 5.74) is 2.87. The first-order valence-corrected chi connectivity index (χ1v) is 10.2. The first-order valence-electron chi connectivity index (χ1n) is 10.2. The number of phenols is 1. The normalized spacial score (nSPS) is 18.1. The van der Waals surface area contributed by atoms with Crippen molar-refractivity contribution in [3.8, 4) is 11.5 Å². The highest BCUT2D eigenvalue weighted by Gasteiger charge is 2.46. The number of nitrogens with zero attached hydrogens (tertiary/aromatic N) is 1. The molecule has 31 heavy (non-hydrogen) atoms. The molecule has 2 aromatic carbocycles. The Hall–Kier alpha value is -3.32. The van der Waals surface area contributed by atoms with Crippen molar-refractivity contribution in [3.63, 3.8) is 0 Å². The Kier molecular flexibility index (Phi) is 6.36. The third kappa shape index (κ3) is 4.27. The largest absolute Gasteiger partial charge is 0.507 e. The molecule has 1 amide bonds. The van der Waals surface area contributed by atoms with Crippen LogP contribution in [0.3, 0.4) is 0 Å². The summed E-state index contributed by atoms with van der Waals surface area (Å²) in [5, 5.41) is 21.2. The van der Waals surface area contributed by atoms with Gasteiger partial charge in [-0.15, -0.1) is 0 Å². The lowest BCUT2D eigenvalue weighted by molar-refractivity contribution is -0.857. The van der Waals surface area contributed by atoms with Crippen molar-refractivity contribution < 1.29 is 29.4 Å². The summed E-state index contributed by atoms with van der Waals surface area (Å²) in [6.45, 7) is 4.71. The predicted octanol–water partition coefficient (Wildman–Crippen LogP) is 1.58. The van der Waals surface area contributed by atoms with E-state index in [-0.39, 0.29) is 22.8 Å². The number of benzene rings is 2. The lowest BCUT2D eigenvalue weighted by Crippen LogP contribution is -3.06. The van der Waals surface area contributed by atoms with Crippen LogP contribution in [0.5, 0.6) is 11.5 Å². The fraction of sp³-hybridized carbons (Fsp3) is 0.333. The van der Waals surface area contributed by atoms with Gasteiger partial charge in [0.05, 0.1) is 45.9 Å². The number of Topliss-reactive ketones (excluding diaryl/α,β-unsaturated/α-hetero) is 1. The predicted molar refractivity (Wildman–Crippen MR) is 117 cm³/mol. The molecule has 1 atom stereocenters. The number of aromatic hydroxyl groups is 1. The van der Waals surface area contributed by atoms with Crippen LogP contribution in [0, 0.1) is 13.8 Å². The molecule has 1 aliphatic heterocycles. The van der Waals surface area contributed by atoms with Crippen molar-refractivity contribution in [2.45, 2.75) is 19.9 Å². The number of amides is 1. The lowest BCUT2D eigenvalue weighted by Gasteiger charge is -2.26. The molecule has 0 unspecified atom stereocenters. The first kappa shape index (κ1) is 22.4. The van der Waals surface area contributed by atoms with E-state index in [4.69, 9.17) is 4.74 Å². The topological polar surface area (TPSA) is 91.5 Å². The fourth-order valence-corrected chi connectivity index (χ4v) is 3.80. The van der Waals surface area contributed by atoms with Crippen LogP contribution < -0.4 is 9.64 Å². The number of aryl methyl sites for hydroxylation is 2. The zero-order valence-corrected chi connectivity index (χ0v) is 18.5. The molecule has 0 bridgehead atoms. The first-order chi connectivity index (χ1) is 14.6. The van der Waals surface area contributed by atoms with Crippen molar-refractivity contribution in [2.75, 3.05) is 34.3 Å². The van der Waals surface area contributed by atoms with E-state index < -0.39 is 17.7 Å². The number of nitrogens with one attached hydrogen (secondary N) is 1. The third-order valence-electron chi connectivity index (χ3n) is 5.56. The van der Waals surface area contributed by atoms with Crippen molar-refractivity contribution in [2.24, 2.45) is 0 Å². The molecule has 3 rings (SSSR count). The Labute approximate surface area is 182 Å². The van der Waals surface area contributed by atoms with Gasteiger partial charge in [-0.05, 0) is 43.2 Å². The maximum absolute atomic E-state index is 13.1. The molecular weight excluding hydrogens is 396 g/mol. The second-order valence-electron chi connectivity index (χ2n) is 8.20. The SMILES string of the molecule is COc1cc([C@@H]2/C(=C(\O)c3cc(C)ccc3C)C(=O)C(=O)N2CC[NH+](C)C)ccc1O. The molecule has 1 aliphatic rings. The molecule has 0 aromatic heterocycles. The molecule has 3 N–H and O–H groups in total. The number of rotatable bonds is 6. The van der Waals surface area contributed by atoms with Gasteiger partial charge in [-0.1, -0.05) is 23.8 Å². The van der Waals surface area contributed by atoms with Gasteiger partial charge in [-0.3, -0.25) is 9.59 Å². The lowest BCUT2D eigenvalue weighted by atomic mass is 9.93. The molecule has 164 valence electrons. The van der Waals surface area contributed by atoms with Crippen LogP contribution in [0.4, 0.5) is 0 Å². The number of phenolic OH excluding ortho intramolecular Hbond substituents is 1. The molecule has 7 heteroatoms. The summed E-state index contributed by atoms with van der Waals surface area (Å²) in [4.78, 5) is 28.6. The third-order valence-corrected chi connectivity index (χ3v) is 5.56. The van der Waals surface area contributed by atoms with Crippen LogP contribution in [0.2, 0.25) is 0 Å². The minimum absolute atomic E-state index is 0.0419.